The van der Waals surface area contributed by atoms with Gasteiger partial charge in [-0.15, -0.1) is 16.4 Å². The Labute approximate surface area is 189 Å². The number of imide groups is 1. The predicted molar refractivity (Wildman–Crippen MR) is 122 cm³/mol. The number of fused-ring (bicyclic) bond motifs is 6. The number of hydrogen-bond acceptors (Lipinski definition) is 6. The normalized spacial score (nSPS) is 16.9. The number of thiophene rings is 1. The maximum atomic E-state index is 13.2. The number of carbonyl (C=O) groups excluding carboxylic acids is 2. The summed E-state index contributed by atoms with van der Waals surface area (Å²) in [5, 5.41) is 5.80. The van der Waals surface area contributed by atoms with Crippen LogP contribution in [0, 0.1) is 5.92 Å². The smallest absolute Gasteiger partial charge is 0.262 e. The Hall–Kier alpha value is -3.13. The van der Waals surface area contributed by atoms with Crippen molar-refractivity contribution in [1.29, 1.82) is 0 Å². The van der Waals surface area contributed by atoms with Crippen LogP contribution in [0.5, 0.6) is 0 Å². The summed E-state index contributed by atoms with van der Waals surface area (Å²) < 4.78 is 1.71. The maximum absolute atomic E-state index is 13.2. The van der Waals surface area contributed by atoms with Crippen molar-refractivity contribution in [3.05, 3.63) is 58.0 Å². The zero-order chi connectivity index (χ0) is 22.0. The number of aromatic nitrogens is 4. The Bertz CT molecular complexity index is 1370. The second-order valence-electron chi connectivity index (χ2n) is 9.05. The highest BCUT2D eigenvalue weighted by molar-refractivity contribution is 7.19. The van der Waals surface area contributed by atoms with Crippen LogP contribution in [-0.4, -0.2) is 36.3 Å². The third-order valence-electron chi connectivity index (χ3n) is 6.44. The lowest BCUT2D eigenvalue weighted by atomic mass is 9.97. The molecule has 162 valence electrons. The van der Waals surface area contributed by atoms with E-state index < -0.39 is 6.04 Å². The third kappa shape index (κ3) is 2.82. The minimum absolute atomic E-state index is 0.253. The van der Waals surface area contributed by atoms with Crippen LogP contribution in [0.25, 0.3) is 15.9 Å². The van der Waals surface area contributed by atoms with Crippen molar-refractivity contribution in [3.63, 3.8) is 0 Å². The molecule has 32 heavy (non-hydrogen) atoms. The van der Waals surface area contributed by atoms with E-state index >= 15 is 0 Å². The Balaban J connectivity index is 1.50. The molecule has 4 heterocycles. The molecule has 7 nitrogen and oxygen atoms in total. The average molecular weight is 446 g/mol. The largest absolute Gasteiger partial charge is 0.269 e. The van der Waals surface area contributed by atoms with E-state index in [1.807, 2.05) is 0 Å². The lowest BCUT2D eigenvalue weighted by Crippen LogP contribution is -2.35. The van der Waals surface area contributed by atoms with Crippen LogP contribution in [0.3, 0.4) is 0 Å². The second-order valence-corrected chi connectivity index (χ2v) is 10.1. The first-order valence-corrected chi connectivity index (χ1v) is 12.0. The Morgan fingerprint density at radius 3 is 2.50 bits per heavy atom. The molecule has 0 spiro atoms. The summed E-state index contributed by atoms with van der Waals surface area (Å²) in [5.74, 6) is 0.207. The van der Waals surface area contributed by atoms with E-state index in [0.717, 1.165) is 28.7 Å². The van der Waals surface area contributed by atoms with Crippen molar-refractivity contribution in [2.45, 2.75) is 52.0 Å². The molecule has 0 fully saturated rings. The van der Waals surface area contributed by atoms with Crippen molar-refractivity contribution in [2.24, 2.45) is 5.92 Å². The van der Waals surface area contributed by atoms with E-state index in [1.165, 1.54) is 28.2 Å². The standard InChI is InChI=1S/C24H23N5O2S/c1-13(2)11-17(29-23(30)14-7-3-4-8-15(14)24(29)31)20-26-21-19-16-9-5-6-10-18(16)32-22(19)25-12-28(21)27-20/h3-4,7-8,12-13,17H,5-6,9-11H2,1-2H3/t17-/m1/s1. The van der Waals surface area contributed by atoms with Gasteiger partial charge in [-0.05, 0) is 55.7 Å². The first-order valence-electron chi connectivity index (χ1n) is 11.2. The Kier molecular flexibility index (Phi) is 4.40. The zero-order valence-corrected chi connectivity index (χ0v) is 18.9. The minimum Gasteiger partial charge on any atom is -0.269 e. The monoisotopic (exact) mass is 445 g/mol. The number of benzene rings is 1. The fourth-order valence-corrected chi connectivity index (χ4v) is 6.20. The van der Waals surface area contributed by atoms with Crippen LogP contribution in [0.4, 0.5) is 0 Å². The number of amides is 2. The Morgan fingerprint density at radius 1 is 1.06 bits per heavy atom. The number of carbonyl (C=O) groups is 2. The SMILES string of the molecule is CC(C)C[C@H](c1nc2c3c4c(sc3ncn2n1)CCCC4)N1C(=O)c2ccccc2C1=O. The molecular weight excluding hydrogens is 422 g/mol. The highest BCUT2D eigenvalue weighted by Gasteiger charge is 2.42. The highest BCUT2D eigenvalue weighted by atomic mass is 32.1. The van der Waals surface area contributed by atoms with Crippen LogP contribution in [-0.2, 0) is 12.8 Å². The van der Waals surface area contributed by atoms with Crippen molar-refractivity contribution in [2.75, 3.05) is 0 Å². The highest BCUT2D eigenvalue weighted by Crippen LogP contribution is 2.38. The van der Waals surface area contributed by atoms with Gasteiger partial charge in [-0.1, -0.05) is 26.0 Å². The predicted octanol–water partition coefficient (Wildman–Crippen LogP) is 4.60. The maximum Gasteiger partial charge on any atom is 0.262 e. The van der Waals surface area contributed by atoms with Gasteiger partial charge in [-0.2, -0.15) is 0 Å². The average Bonchev–Trinajstić information content (AvgIpc) is 3.45. The number of aryl methyl sites for hydroxylation is 2. The minimum atomic E-state index is -0.521. The molecule has 0 saturated carbocycles. The van der Waals surface area contributed by atoms with Gasteiger partial charge in [0.1, 0.15) is 17.2 Å². The van der Waals surface area contributed by atoms with Crippen molar-refractivity contribution in [3.8, 4) is 0 Å². The second kappa shape index (κ2) is 7.20. The molecule has 6 rings (SSSR count). The quantitative estimate of drug-likeness (QED) is 0.429. The molecule has 1 aliphatic heterocycles. The van der Waals surface area contributed by atoms with Gasteiger partial charge >= 0.3 is 0 Å². The number of hydrogen-bond donors (Lipinski definition) is 0. The summed E-state index contributed by atoms with van der Waals surface area (Å²) in [7, 11) is 0. The van der Waals surface area contributed by atoms with E-state index in [2.05, 4.69) is 18.8 Å². The molecule has 1 aromatic carbocycles. The summed E-state index contributed by atoms with van der Waals surface area (Å²) in [6.45, 7) is 4.16. The molecule has 0 unspecified atom stereocenters. The fraction of sp³-hybridized carbons (Fsp3) is 0.375. The van der Waals surface area contributed by atoms with Crippen LogP contribution >= 0.6 is 11.3 Å². The van der Waals surface area contributed by atoms with Crippen molar-refractivity contribution in [1.82, 2.24) is 24.5 Å². The van der Waals surface area contributed by atoms with Crippen LogP contribution in [0.1, 0.15) is 76.1 Å². The van der Waals surface area contributed by atoms with Crippen LogP contribution < -0.4 is 0 Å². The molecular formula is C24H23N5O2S. The molecule has 0 saturated heterocycles. The van der Waals surface area contributed by atoms with Crippen molar-refractivity contribution < 1.29 is 9.59 Å². The van der Waals surface area contributed by atoms with Gasteiger partial charge in [0.2, 0.25) is 0 Å². The molecule has 4 aromatic rings. The van der Waals surface area contributed by atoms with E-state index in [0.29, 0.717) is 23.4 Å². The first kappa shape index (κ1) is 19.5. The molecule has 2 aliphatic rings. The van der Waals surface area contributed by atoms with Gasteiger partial charge in [-0.3, -0.25) is 14.5 Å². The van der Waals surface area contributed by atoms with Crippen LogP contribution in [0.15, 0.2) is 30.6 Å². The molecule has 1 aliphatic carbocycles. The molecule has 0 N–H and O–H groups in total. The molecule has 3 aromatic heterocycles. The lowest BCUT2D eigenvalue weighted by Gasteiger charge is -2.25. The van der Waals surface area contributed by atoms with Gasteiger partial charge in [-0.25, -0.2) is 14.5 Å². The van der Waals surface area contributed by atoms with E-state index in [4.69, 9.17) is 10.1 Å². The molecule has 1 atom stereocenters. The summed E-state index contributed by atoms with van der Waals surface area (Å²) in [6.07, 6.45) is 6.81. The Morgan fingerprint density at radius 2 is 1.78 bits per heavy atom. The number of nitrogens with zero attached hydrogens (tertiary/aromatic N) is 5. The van der Waals surface area contributed by atoms with Crippen molar-refractivity contribution >= 4 is 39.0 Å². The molecule has 0 bridgehead atoms. The summed E-state index contributed by atoms with van der Waals surface area (Å²) in [4.78, 5) is 39.7. The van der Waals surface area contributed by atoms with Crippen LogP contribution in [0.2, 0.25) is 0 Å². The topological polar surface area (TPSA) is 80.5 Å². The third-order valence-corrected chi connectivity index (χ3v) is 7.64. The number of rotatable bonds is 4. The molecule has 2 amide bonds. The zero-order valence-electron chi connectivity index (χ0n) is 18.0. The fourth-order valence-electron chi connectivity index (χ4n) is 4.98. The molecule has 8 heteroatoms. The summed E-state index contributed by atoms with van der Waals surface area (Å²) >= 11 is 1.75. The van der Waals surface area contributed by atoms with E-state index in [1.54, 1.807) is 46.4 Å². The summed E-state index contributed by atoms with van der Waals surface area (Å²) in [6, 6.07) is 6.48. The van der Waals surface area contributed by atoms with Gasteiger partial charge in [0, 0.05) is 4.88 Å². The lowest BCUT2D eigenvalue weighted by molar-refractivity contribution is 0.0555. The van der Waals surface area contributed by atoms with Gasteiger partial charge in [0.25, 0.3) is 11.8 Å². The van der Waals surface area contributed by atoms with Gasteiger partial charge in [0.15, 0.2) is 11.5 Å². The van der Waals surface area contributed by atoms with Gasteiger partial charge < -0.3 is 0 Å². The van der Waals surface area contributed by atoms with E-state index in [9.17, 15) is 9.59 Å². The first-order chi connectivity index (χ1) is 15.5. The van der Waals surface area contributed by atoms with E-state index in [-0.39, 0.29) is 17.7 Å². The molecule has 0 radical (unpaired) electrons. The summed E-state index contributed by atoms with van der Waals surface area (Å²) in [5.41, 5.74) is 3.01. The van der Waals surface area contributed by atoms with Gasteiger partial charge in [0.05, 0.1) is 16.5 Å².